The molecule has 0 atom stereocenters. The van der Waals surface area contributed by atoms with Gasteiger partial charge in [0, 0.05) is 37.9 Å². The van der Waals surface area contributed by atoms with Gasteiger partial charge in [0.15, 0.2) is 0 Å². The molecule has 1 fully saturated rings. The molecule has 22 heavy (non-hydrogen) atoms. The highest BCUT2D eigenvalue weighted by Gasteiger charge is 2.20. The van der Waals surface area contributed by atoms with E-state index in [0.717, 1.165) is 32.0 Å². The van der Waals surface area contributed by atoms with Crippen LogP contribution >= 0.6 is 0 Å². The Morgan fingerprint density at radius 2 is 1.73 bits per heavy atom. The number of hydrogen-bond acceptors (Lipinski definition) is 5. The van der Waals surface area contributed by atoms with E-state index in [0.29, 0.717) is 5.88 Å². The minimum atomic E-state index is 0.613. The first kappa shape index (κ1) is 14.6. The minimum Gasteiger partial charge on any atom is -0.481 e. The summed E-state index contributed by atoms with van der Waals surface area (Å²) < 4.78 is 5.18. The molecule has 3 rings (SSSR count). The van der Waals surface area contributed by atoms with Crippen molar-refractivity contribution in [2.24, 2.45) is 0 Å². The summed E-state index contributed by atoms with van der Waals surface area (Å²) in [5, 5.41) is 0. The highest BCUT2D eigenvalue weighted by Crippen LogP contribution is 2.25. The standard InChI is InChI=1S/C17H22N4O/c1-13-5-4-6-15(14(13)2)20-7-9-21(10-8-20)16-11-17(22-3)19-12-18-16/h4-6,11-12H,7-10H2,1-3H3. The molecule has 5 nitrogen and oxygen atoms in total. The fraction of sp³-hybridized carbons (Fsp3) is 0.412. The van der Waals surface area contributed by atoms with Crippen LogP contribution in [0.15, 0.2) is 30.6 Å². The molecule has 5 heteroatoms. The molecule has 2 aromatic rings. The van der Waals surface area contributed by atoms with Crippen molar-refractivity contribution in [3.05, 3.63) is 41.7 Å². The number of aromatic nitrogens is 2. The second kappa shape index (κ2) is 6.22. The van der Waals surface area contributed by atoms with Crippen molar-refractivity contribution >= 4 is 11.5 Å². The maximum absolute atomic E-state index is 5.18. The van der Waals surface area contributed by atoms with Crippen molar-refractivity contribution in [3.63, 3.8) is 0 Å². The molecule has 0 bridgehead atoms. The van der Waals surface area contributed by atoms with E-state index in [1.807, 2.05) is 6.07 Å². The summed E-state index contributed by atoms with van der Waals surface area (Å²) in [6.45, 7) is 8.27. The third-order valence-electron chi connectivity index (χ3n) is 4.36. The van der Waals surface area contributed by atoms with Gasteiger partial charge in [0.25, 0.3) is 0 Å². The van der Waals surface area contributed by atoms with Crippen LogP contribution < -0.4 is 14.5 Å². The van der Waals surface area contributed by atoms with E-state index in [4.69, 9.17) is 4.74 Å². The summed E-state index contributed by atoms with van der Waals surface area (Å²) >= 11 is 0. The van der Waals surface area contributed by atoms with E-state index in [9.17, 15) is 0 Å². The van der Waals surface area contributed by atoms with Gasteiger partial charge in [-0.05, 0) is 31.0 Å². The summed E-state index contributed by atoms with van der Waals surface area (Å²) in [5.74, 6) is 1.55. The Hall–Kier alpha value is -2.30. The molecule has 0 amide bonds. The summed E-state index contributed by atoms with van der Waals surface area (Å²) in [4.78, 5) is 13.2. The molecule has 116 valence electrons. The van der Waals surface area contributed by atoms with Gasteiger partial charge < -0.3 is 14.5 Å². The maximum Gasteiger partial charge on any atom is 0.218 e. The van der Waals surface area contributed by atoms with Crippen LogP contribution in [-0.2, 0) is 0 Å². The first-order chi connectivity index (χ1) is 10.7. The molecule has 1 aromatic heterocycles. The fourth-order valence-electron chi connectivity index (χ4n) is 2.87. The average Bonchev–Trinajstić information content (AvgIpc) is 2.58. The number of benzene rings is 1. The number of piperazine rings is 1. The Morgan fingerprint density at radius 1 is 1.00 bits per heavy atom. The highest BCUT2D eigenvalue weighted by molar-refractivity contribution is 5.57. The van der Waals surface area contributed by atoms with Gasteiger partial charge in [0.1, 0.15) is 12.1 Å². The number of anilines is 2. The van der Waals surface area contributed by atoms with Crippen molar-refractivity contribution in [2.75, 3.05) is 43.1 Å². The highest BCUT2D eigenvalue weighted by atomic mass is 16.5. The Morgan fingerprint density at radius 3 is 2.45 bits per heavy atom. The van der Waals surface area contributed by atoms with Gasteiger partial charge in [0.2, 0.25) is 5.88 Å². The van der Waals surface area contributed by atoms with Crippen LogP contribution in [0.1, 0.15) is 11.1 Å². The van der Waals surface area contributed by atoms with Crippen LogP contribution in [0, 0.1) is 13.8 Å². The third-order valence-corrected chi connectivity index (χ3v) is 4.36. The predicted octanol–water partition coefficient (Wildman–Crippen LogP) is 2.43. The first-order valence-corrected chi connectivity index (χ1v) is 7.61. The molecule has 0 N–H and O–H groups in total. The molecule has 1 aliphatic rings. The first-order valence-electron chi connectivity index (χ1n) is 7.61. The molecule has 2 heterocycles. The van der Waals surface area contributed by atoms with Gasteiger partial charge in [0.05, 0.1) is 7.11 Å². The Labute approximate surface area is 131 Å². The lowest BCUT2D eigenvalue weighted by molar-refractivity contribution is 0.396. The van der Waals surface area contributed by atoms with Crippen LogP contribution in [0.4, 0.5) is 11.5 Å². The zero-order valence-corrected chi connectivity index (χ0v) is 13.4. The molecule has 1 aromatic carbocycles. The number of aryl methyl sites for hydroxylation is 1. The lowest BCUT2D eigenvalue weighted by Crippen LogP contribution is -2.47. The van der Waals surface area contributed by atoms with E-state index < -0.39 is 0 Å². The van der Waals surface area contributed by atoms with Crippen LogP contribution in [0.3, 0.4) is 0 Å². The van der Waals surface area contributed by atoms with Crippen molar-refractivity contribution < 1.29 is 4.74 Å². The molecule has 0 spiro atoms. The lowest BCUT2D eigenvalue weighted by atomic mass is 10.1. The number of nitrogens with zero attached hydrogens (tertiary/aromatic N) is 4. The third kappa shape index (κ3) is 2.84. The Kier molecular flexibility index (Phi) is 4.13. The van der Waals surface area contributed by atoms with E-state index in [2.05, 4.69) is 51.8 Å². The predicted molar refractivity (Wildman–Crippen MR) is 88.9 cm³/mol. The summed E-state index contributed by atoms with van der Waals surface area (Å²) in [6.07, 6.45) is 1.56. The van der Waals surface area contributed by atoms with Crippen molar-refractivity contribution in [3.8, 4) is 5.88 Å². The molecule has 0 unspecified atom stereocenters. The molecular formula is C17H22N4O. The van der Waals surface area contributed by atoms with Gasteiger partial charge in [-0.25, -0.2) is 9.97 Å². The second-order valence-corrected chi connectivity index (χ2v) is 5.61. The molecule has 0 radical (unpaired) electrons. The Bertz CT molecular complexity index is 651. The van der Waals surface area contributed by atoms with Crippen LogP contribution in [0.2, 0.25) is 0 Å². The zero-order valence-electron chi connectivity index (χ0n) is 13.4. The van der Waals surface area contributed by atoms with Gasteiger partial charge in [-0.15, -0.1) is 0 Å². The van der Waals surface area contributed by atoms with E-state index in [-0.39, 0.29) is 0 Å². The lowest BCUT2D eigenvalue weighted by Gasteiger charge is -2.37. The van der Waals surface area contributed by atoms with E-state index in [1.54, 1.807) is 13.4 Å². The van der Waals surface area contributed by atoms with Gasteiger partial charge in [-0.1, -0.05) is 12.1 Å². The van der Waals surface area contributed by atoms with Crippen LogP contribution in [-0.4, -0.2) is 43.3 Å². The quantitative estimate of drug-likeness (QED) is 0.870. The molecule has 0 saturated carbocycles. The number of methoxy groups -OCH3 is 1. The van der Waals surface area contributed by atoms with Crippen LogP contribution in [0.25, 0.3) is 0 Å². The monoisotopic (exact) mass is 298 g/mol. The van der Waals surface area contributed by atoms with Gasteiger partial charge >= 0.3 is 0 Å². The SMILES string of the molecule is COc1cc(N2CCN(c3cccc(C)c3C)CC2)ncn1. The molecule has 1 aliphatic heterocycles. The second-order valence-electron chi connectivity index (χ2n) is 5.61. The number of hydrogen-bond donors (Lipinski definition) is 0. The molecule has 1 saturated heterocycles. The largest absolute Gasteiger partial charge is 0.481 e. The van der Waals surface area contributed by atoms with E-state index >= 15 is 0 Å². The molecule has 0 aliphatic carbocycles. The molecular weight excluding hydrogens is 276 g/mol. The number of ether oxygens (including phenoxy) is 1. The zero-order chi connectivity index (χ0) is 15.5. The Balaban J connectivity index is 1.71. The van der Waals surface area contributed by atoms with Gasteiger partial charge in [-0.2, -0.15) is 0 Å². The number of rotatable bonds is 3. The summed E-state index contributed by atoms with van der Waals surface area (Å²) in [6, 6.07) is 8.42. The summed E-state index contributed by atoms with van der Waals surface area (Å²) in [7, 11) is 1.63. The maximum atomic E-state index is 5.18. The summed E-state index contributed by atoms with van der Waals surface area (Å²) in [5.41, 5.74) is 4.07. The average molecular weight is 298 g/mol. The van der Waals surface area contributed by atoms with Gasteiger partial charge in [-0.3, -0.25) is 0 Å². The van der Waals surface area contributed by atoms with Crippen molar-refractivity contribution in [1.82, 2.24) is 9.97 Å². The van der Waals surface area contributed by atoms with Crippen molar-refractivity contribution in [2.45, 2.75) is 13.8 Å². The smallest absolute Gasteiger partial charge is 0.218 e. The topological polar surface area (TPSA) is 41.5 Å². The minimum absolute atomic E-state index is 0.613. The fourth-order valence-corrected chi connectivity index (χ4v) is 2.87. The normalized spacial score (nSPS) is 15.0. The van der Waals surface area contributed by atoms with E-state index in [1.165, 1.54) is 16.8 Å². The van der Waals surface area contributed by atoms with Crippen molar-refractivity contribution in [1.29, 1.82) is 0 Å². The van der Waals surface area contributed by atoms with Crippen LogP contribution in [0.5, 0.6) is 5.88 Å².